The van der Waals surface area contributed by atoms with Crippen LogP contribution in [0.25, 0.3) is 0 Å². The topological polar surface area (TPSA) is 62.1 Å². The van der Waals surface area contributed by atoms with Crippen molar-refractivity contribution < 1.29 is 14.2 Å². The van der Waals surface area contributed by atoms with Crippen LogP contribution in [0.1, 0.15) is 52.0 Å². The number of nitrogens with zero attached hydrogens (tertiary/aromatic N) is 1. The predicted octanol–water partition coefficient (Wildman–Crippen LogP) is 2.11. The van der Waals surface area contributed by atoms with Gasteiger partial charge >= 0.3 is 6.03 Å². The fourth-order valence-corrected chi connectivity index (χ4v) is 2.24. The van der Waals surface area contributed by atoms with Crippen molar-refractivity contribution in [2.24, 2.45) is 0 Å². The monoisotopic (exact) mass is 292 g/mol. The lowest BCUT2D eigenvalue weighted by molar-refractivity contribution is -0.684. The van der Waals surface area contributed by atoms with Gasteiger partial charge in [-0.3, -0.25) is 10.1 Å². The number of urea groups is 1. The van der Waals surface area contributed by atoms with E-state index in [0.29, 0.717) is 5.92 Å². The van der Waals surface area contributed by atoms with Crippen LogP contribution in [0.15, 0.2) is 24.5 Å². The maximum absolute atomic E-state index is 11.7. The first-order chi connectivity index (χ1) is 9.96. The fourth-order valence-electron chi connectivity index (χ4n) is 2.24. The Kier molecular flexibility index (Phi) is 6.85. The van der Waals surface area contributed by atoms with Gasteiger partial charge in [-0.05, 0) is 38.2 Å². The first kappa shape index (κ1) is 17.1. The summed E-state index contributed by atoms with van der Waals surface area (Å²) in [6, 6.07) is 3.63. The van der Waals surface area contributed by atoms with Crippen molar-refractivity contribution in [2.75, 3.05) is 0 Å². The van der Waals surface area contributed by atoms with Gasteiger partial charge in [0.25, 0.3) is 5.91 Å². The molecule has 0 fully saturated rings. The van der Waals surface area contributed by atoms with E-state index in [-0.39, 0.29) is 18.5 Å². The lowest BCUT2D eigenvalue weighted by Gasteiger charge is -2.11. The number of pyridine rings is 1. The van der Waals surface area contributed by atoms with E-state index in [0.717, 1.165) is 12.8 Å². The average Bonchev–Trinajstić information content (AvgIpc) is 2.40. The smallest absolute Gasteiger partial charge is 0.321 e. The van der Waals surface area contributed by atoms with Crippen LogP contribution in [0, 0.1) is 0 Å². The number of imide groups is 1. The SMILES string of the molecule is CCC(CC)c1cc[n+](CC(=O)NC(=O)NC(C)C)cc1. The molecule has 1 aromatic heterocycles. The quantitative estimate of drug-likeness (QED) is 0.789. The van der Waals surface area contributed by atoms with Gasteiger partial charge in [-0.25, -0.2) is 4.79 Å². The number of aromatic nitrogens is 1. The molecule has 116 valence electrons. The van der Waals surface area contributed by atoms with Crippen LogP contribution in [0.4, 0.5) is 4.79 Å². The summed E-state index contributed by atoms with van der Waals surface area (Å²) in [7, 11) is 0. The van der Waals surface area contributed by atoms with Crippen molar-refractivity contribution in [2.45, 2.75) is 59.0 Å². The van der Waals surface area contributed by atoms with Crippen molar-refractivity contribution in [1.82, 2.24) is 10.6 Å². The van der Waals surface area contributed by atoms with Crippen LogP contribution < -0.4 is 15.2 Å². The summed E-state index contributed by atoms with van der Waals surface area (Å²) in [6.07, 6.45) is 5.98. The van der Waals surface area contributed by atoms with E-state index >= 15 is 0 Å². The van der Waals surface area contributed by atoms with E-state index in [2.05, 4.69) is 24.5 Å². The van der Waals surface area contributed by atoms with Crippen LogP contribution in [0.3, 0.4) is 0 Å². The largest absolute Gasteiger partial charge is 0.336 e. The van der Waals surface area contributed by atoms with Crippen molar-refractivity contribution in [3.8, 4) is 0 Å². The molecule has 1 rings (SSSR count). The van der Waals surface area contributed by atoms with Gasteiger partial charge in [-0.1, -0.05) is 13.8 Å². The highest BCUT2D eigenvalue weighted by molar-refractivity contribution is 5.93. The summed E-state index contributed by atoms with van der Waals surface area (Å²) < 4.78 is 1.77. The van der Waals surface area contributed by atoms with Gasteiger partial charge in [0.1, 0.15) is 0 Å². The minimum absolute atomic E-state index is 0.00441. The van der Waals surface area contributed by atoms with E-state index in [4.69, 9.17) is 0 Å². The predicted molar refractivity (Wildman–Crippen MR) is 81.8 cm³/mol. The zero-order valence-electron chi connectivity index (χ0n) is 13.3. The zero-order chi connectivity index (χ0) is 15.8. The molecule has 1 heterocycles. The highest BCUT2D eigenvalue weighted by Crippen LogP contribution is 2.21. The van der Waals surface area contributed by atoms with Gasteiger partial charge in [0.2, 0.25) is 6.54 Å². The Morgan fingerprint density at radius 2 is 1.71 bits per heavy atom. The Morgan fingerprint density at radius 1 is 1.14 bits per heavy atom. The van der Waals surface area contributed by atoms with Gasteiger partial charge in [0, 0.05) is 18.2 Å². The molecule has 1 aromatic rings. The molecule has 0 aliphatic heterocycles. The molecule has 0 saturated heterocycles. The molecule has 5 nitrogen and oxygen atoms in total. The number of hydrogen-bond donors (Lipinski definition) is 2. The molecule has 0 aliphatic rings. The minimum Gasteiger partial charge on any atom is -0.336 e. The third-order valence-electron chi connectivity index (χ3n) is 3.37. The van der Waals surface area contributed by atoms with E-state index in [1.54, 1.807) is 4.57 Å². The van der Waals surface area contributed by atoms with E-state index < -0.39 is 6.03 Å². The molecular formula is C16H26N3O2+. The van der Waals surface area contributed by atoms with Crippen LogP contribution in [-0.4, -0.2) is 18.0 Å². The van der Waals surface area contributed by atoms with Crippen molar-refractivity contribution in [1.29, 1.82) is 0 Å². The van der Waals surface area contributed by atoms with Crippen LogP contribution >= 0.6 is 0 Å². The first-order valence-electron chi connectivity index (χ1n) is 7.55. The number of hydrogen-bond acceptors (Lipinski definition) is 2. The number of carbonyl (C=O) groups is 2. The van der Waals surface area contributed by atoms with Gasteiger partial charge < -0.3 is 5.32 Å². The molecule has 0 radical (unpaired) electrons. The summed E-state index contributed by atoms with van der Waals surface area (Å²) in [5.41, 5.74) is 1.29. The van der Waals surface area contributed by atoms with Gasteiger partial charge in [-0.2, -0.15) is 4.57 Å². The molecule has 3 amide bonds. The summed E-state index contributed by atoms with van der Waals surface area (Å²) in [6.45, 7) is 8.17. The van der Waals surface area contributed by atoms with Gasteiger partial charge in [0.05, 0.1) is 0 Å². The van der Waals surface area contributed by atoms with Crippen molar-refractivity contribution in [3.05, 3.63) is 30.1 Å². The number of rotatable bonds is 6. The average molecular weight is 292 g/mol. The molecule has 0 spiro atoms. The van der Waals surface area contributed by atoms with Crippen LogP contribution in [-0.2, 0) is 11.3 Å². The molecule has 2 N–H and O–H groups in total. The highest BCUT2D eigenvalue weighted by Gasteiger charge is 2.14. The van der Waals surface area contributed by atoms with Crippen LogP contribution in [0.2, 0.25) is 0 Å². The normalized spacial score (nSPS) is 10.8. The number of amides is 3. The third kappa shape index (κ3) is 5.94. The van der Waals surface area contributed by atoms with Crippen LogP contribution in [0.5, 0.6) is 0 Å². The Hall–Kier alpha value is -1.91. The molecule has 0 aromatic carbocycles. The fraction of sp³-hybridized carbons (Fsp3) is 0.562. The highest BCUT2D eigenvalue weighted by atomic mass is 16.2. The molecule has 0 bridgehead atoms. The second-order valence-electron chi connectivity index (χ2n) is 5.49. The van der Waals surface area contributed by atoms with Gasteiger partial charge in [0.15, 0.2) is 12.4 Å². The molecule has 0 unspecified atom stereocenters. The molecule has 5 heteroatoms. The van der Waals surface area contributed by atoms with Crippen molar-refractivity contribution in [3.63, 3.8) is 0 Å². The summed E-state index contributed by atoms with van der Waals surface area (Å²) in [5, 5.41) is 4.93. The Bertz CT molecular complexity index is 465. The number of carbonyl (C=O) groups excluding carboxylic acids is 2. The minimum atomic E-state index is -0.454. The molecule has 0 atom stereocenters. The molecule has 0 aliphatic carbocycles. The van der Waals surface area contributed by atoms with E-state index in [1.807, 2.05) is 38.4 Å². The zero-order valence-corrected chi connectivity index (χ0v) is 13.3. The first-order valence-corrected chi connectivity index (χ1v) is 7.55. The van der Waals surface area contributed by atoms with E-state index in [1.165, 1.54) is 5.56 Å². The Morgan fingerprint density at radius 3 is 2.19 bits per heavy atom. The number of nitrogens with one attached hydrogen (secondary N) is 2. The molecule has 0 saturated carbocycles. The standard InChI is InChI=1S/C16H25N3O2/c1-5-13(6-2)14-7-9-19(10-8-14)11-15(20)18-16(21)17-12(3)4/h7-10,12-13H,5-6,11H2,1-4H3,(H-,17,18,20,21)/p+1. The summed E-state index contributed by atoms with van der Waals surface area (Å²) in [4.78, 5) is 23.2. The van der Waals surface area contributed by atoms with E-state index in [9.17, 15) is 9.59 Å². The maximum atomic E-state index is 11.7. The second-order valence-corrected chi connectivity index (χ2v) is 5.49. The molecule has 21 heavy (non-hydrogen) atoms. The molecular weight excluding hydrogens is 266 g/mol. The summed E-state index contributed by atoms with van der Waals surface area (Å²) in [5.74, 6) is 0.235. The Labute approximate surface area is 126 Å². The Balaban J connectivity index is 2.55. The maximum Gasteiger partial charge on any atom is 0.321 e. The second kappa shape index (κ2) is 8.39. The lowest BCUT2D eigenvalue weighted by Crippen LogP contribution is -2.48. The lowest BCUT2D eigenvalue weighted by atomic mass is 9.95. The summed E-state index contributed by atoms with van der Waals surface area (Å²) >= 11 is 0. The van der Waals surface area contributed by atoms with Gasteiger partial charge in [-0.15, -0.1) is 0 Å². The third-order valence-corrected chi connectivity index (χ3v) is 3.37. The van der Waals surface area contributed by atoms with Crippen molar-refractivity contribution >= 4 is 11.9 Å².